The first-order chi connectivity index (χ1) is 2.56. The van der Waals surface area contributed by atoms with Gasteiger partial charge in [0.25, 0.3) is 0 Å². The molecule has 0 atom stereocenters. The molecule has 0 aliphatic carbocycles. The maximum atomic E-state index is 9.94. The predicted octanol–water partition coefficient (Wildman–Crippen LogP) is -0.142. The van der Waals surface area contributed by atoms with Crippen LogP contribution in [-0.4, -0.2) is 20.4 Å². The van der Waals surface area contributed by atoms with Crippen molar-refractivity contribution in [1.29, 1.82) is 0 Å². The molecule has 0 unspecified atom stereocenters. The molecule has 0 spiro atoms. The van der Waals surface area contributed by atoms with Gasteiger partial charge < -0.3 is 6.92 Å². The van der Waals surface area contributed by atoms with Crippen LogP contribution < -0.4 is 0 Å². The van der Waals surface area contributed by atoms with Gasteiger partial charge in [-0.05, 0) is 0 Å². The van der Waals surface area contributed by atoms with Crippen molar-refractivity contribution in [3.05, 3.63) is 6.92 Å². The van der Waals surface area contributed by atoms with Crippen LogP contribution in [0.1, 0.15) is 0 Å². The van der Waals surface area contributed by atoms with E-state index in [4.69, 9.17) is 0 Å². The summed E-state index contributed by atoms with van der Waals surface area (Å²) < 4.78 is 19.9. The summed E-state index contributed by atoms with van der Waals surface area (Å²) >= 11 is 0. The molecule has 47 valence electrons. The standard InChI is InChI=1S/C3H7O2S.3Y/c1-3-6(2,4)5;;;/h1,3H2,2H3;;;/q-1;;;. The average Bonchev–Trinajstić information content (AvgIpc) is 1.35. The summed E-state index contributed by atoms with van der Waals surface area (Å²) in [6, 6.07) is 0. The van der Waals surface area contributed by atoms with Crippen LogP contribution in [0, 0.1) is 6.92 Å². The van der Waals surface area contributed by atoms with E-state index in [-0.39, 0.29) is 104 Å². The number of hydrogen-bond acceptors (Lipinski definition) is 2. The molecule has 0 bridgehead atoms. The van der Waals surface area contributed by atoms with Gasteiger partial charge in [-0.1, -0.05) is 5.75 Å². The molecular weight excluding hydrogens is 367 g/mol. The van der Waals surface area contributed by atoms with Gasteiger partial charge >= 0.3 is 0 Å². The molecule has 0 aliphatic rings. The Morgan fingerprint density at radius 2 is 1.33 bits per heavy atom. The maximum Gasteiger partial charge on any atom is 0.119 e. The van der Waals surface area contributed by atoms with Gasteiger partial charge in [0.2, 0.25) is 0 Å². The van der Waals surface area contributed by atoms with Crippen LogP contribution in [-0.2, 0) is 108 Å². The molecule has 0 aromatic heterocycles. The predicted molar refractivity (Wildman–Crippen MR) is 25.1 cm³/mol. The van der Waals surface area contributed by atoms with Crippen LogP contribution >= 0.6 is 0 Å². The van der Waals surface area contributed by atoms with Gasteiger partial charge in [-0.15, -0.1) is 0 Å². The van der Waals surface area contributed by atoms with Gasteiger partial charge in [0.05, 0.1) is 0 Å². The van der Waals surface area contributed by atoms with Crippen molar-refractivity contribution >= 4 is 9.84 Å². The number of hydrogen-bond donors (Lipinski definition) is 0. The largest absolute Gasteiger partial charge is 0.329 e. The van der Waals surface area contributed by atoms with Crippen LogP contribution in [0.5, 0.6) is 0 Å². The third kappa shape index (κ3) is 24.6. The van der Waals surface area contributed by atoms with E-state index in [0.717, 1.165) is 6.26 Å². The second kappa shape index (κ2) is 11.3. The summed E-state index contributed by atoms with van der Waals surface area (Å²) in [6.45, 7) is 3.17. The summed E-state index contributed by atoms with van der Waals surface area (Å²) in [5.41, 5.74) is 0. The van der Waals surface area contributed by atoms with Gasteiger partial charge in [0, 0.05) is 104 Å². The van der Waals surface area contributed by atoms with Crippen molar-refractivity contribution in [2.24, 2.45) is 0 Å². The van der Waals surface area contributed by atoms with Gasteiger partial charge in [-0.2, -0.15) is 0 Å². The Kier molecular flexibility index (Phi) is 28.5. The first-order valence-electron chi connectivity index (χ1n) is 1.53. The van der Waals surface area contributed by atoms with Crippen molar-refractivity contribution in [2.75, 3.05) is 12.0 Å². The van der Waals surface area contributed by atoms with Crippen LogP contribution in [0.3, 0.4) is 0 Å². The normalized spacial score (nSPS) is 7.78. The van der Waals surface area contributed by atoms with Crippen LogP contribution in [0.4, 0.5) is 0 Å². The minimum Gasteiger partial charge on any atom is -0.329 e. The van der Waals surface area contributed by atoms with Crippen molar-refractivity contribution < 1.29 is 107 Å². The molecule has 0 saturated heterocycles. The fourth-order valence-electron chi connectivity index (χ4n) is 0. The van der Waals surface area contributed by atoms with E-state index in [0.29, 0.717) is 0 Å². The number of sulfone groups is 1. The quantitative estimate of drug-likeness (QED) is 0.599. The fraction of sp³-hybridized carbons (Fsp3) is 0.667. The van der Waals surface area contributed by atoms with Crippen molar-refractivity contribution in [1.82, 2.24) is 0 Å². The van der Waals surface area contributed by atoms with Crippen molar-refractivity contribution in [2.45, 2.75) is 0 Å². The Morgan fingerprint density at radius 1 is 1.22 bits per heavy atom. The van der Waals surface area contributed by atoms with Gasteiger partial charge in [0.15, 0.2) is 0 Å². The Morgan fingerprint density at radius 3 is 1.33 bits per heavy atom. The van der Waals surface area contributed by atoms with Crippen molar-refractivity contribution in [3.8, 4) is 0 Å². The Bertz CT molecular complexity index is 119. The molecule has 0 aromatic carbocycles. The molecule has 0 aliphatic heterocycles. The molecule has 0 heterocycles. The zero-order chi connectivity index (χ0) is 5.21. The molecule has 2 nitrogen and oxygen atoms in total. The average molecular weight is 374 g/mol. The third-order valence-corrected chi connectivity index (χ3v) is 1.11. The monoisotopic (exact) mass is 374 g/mol. The van der Waals surface area contributed by atoms with E-state index in [1.54, 1.807) is 0 Å². The van der Waals surface area contributed by atoms with Gasteiger partial charge in [-0.3, -0.25) is 0 Å². The van der Waals surface area contributed by atoms with E-state index < -0.39 is 9.84 Å². The minimum atomic E-state index is -2.77. The third-order valence-electron chi connectivity index (χ3n) is 0.371. The van der Waals surface area contributed by atoms with Crippen molar-refractivity contribution in [3.63, 3.8) is 0 Å². The summed E-state index contributed by atoms with van der Waals surface area (Å²) in [7, 11) is -2.77. The van der Waals surface area contributed by atoms with Crippen LogP contribution in [0.25, 0.3) is 0 Å². The van der Waals surface area contributed by atoms with E-state index in [9.17, 15) is 8.42 Å². The molecule has 0 amide bonds. The fourth-order valence-corrected chi connectivity index (χ4v) is 0. The van der Waals surface area contributed by atoms with Crippen LogP contribution in [0.2, 0.25) is 0 Å². The molecule has 0 rings (SSSR count). The summed E-state index contributed by atoms with van der Waals surface area (Å²) in [5, 5.41) is 0. The molecule has 9 heavy (non-hydrogen) atoms. The van der Waals surface area contributed by atoms with Gasteiger partial charge in [0.1, 0.15) is 9.84 Å². The zero-order valence-electron chi connectivity index (χ0n) is 5.37. The second-order valence-corrected chi connectivity index (χ2v) is 3.39. The summed E-state index contributed by atoms with van der Waals surface area (Å²) in [5.74, 6) is -0.00694. The Balaban J connectivity index is -0.0000000417. The van der Waals surface area contributed by atoms with E-state index in [1.807, 2.05) is 0 Å². The molecule has 6 heteroatoms. The Labute approximate surface area is 132 Å². The smallest absolute Gasteiger partial charge is 0.119 e. The molecule has 0 saturated carbocycles. The second-order valence-electron chi connectivity index (χ2n) is 1.13. The molecule has 0 aromatic rings. The van der Waals surface area contributed by atoms with E-state index in [2.05, 4.69) is 6.92 Å². The Hall–Kier alpha value is 3.26. The van der Waals surface area contributed by atoms with Gasteiger partial charge in [-0.25, -0.2) is 8.42 Å². The number of rotatable bonds is 1. The topological polar surface area (TPSA) is 34.1 Å². The molecule has 3 radical (unpaired) electrons. The van der Waals surface area contributed by atoms with E-state index >= 15 is 0 Å². The summed E-state index contributed by atoms with van der Waals surface area (Å²) in [4.78, 5) is 0. The first-order valence-corrected chi connectivity index (χ1v) is 3.59. The SMILES string of the molecule is [CH2-]CS(C)(=O)=O.[Y].[Y].[Y]. The molecular formula is C3H7O2SY3-. The van der Waals surface area contributed by atoms with Crippen LogP contribution in [0.15, 0.2) is 0 Å². The van der Waals surface area contributed by atoms with E-state index in [1.165, 1.54) is 0 Å². The maximum absolute atomic E-state index is 9.94. The zero-order valence-corrected chi connectivity index (χ0v) is 14.7. The first kappa shape index (κ1) is 22.8. The molecule has 0 fully saturated rings. The minimum absolute atomic E-state index is 0. The summed E-state index contributed by atoms with van der Waals surface area (Å²) in [6.07, 6.45) is 1.15. The molecule has 0 N–H and O–H groups in total.